The van der Waals surface area contributed by atoms with E-state index in [1.54, 1.807) is 0 Å². The molecule has 0 saturated carbocycles. The zero-order valence-electron chi connectivity index (χ0n) is 29.7. The summed E-state index contributed by atoms with van der Waals surface area (Å²) in [7, 11) is 2.09. The first kappa shape index (κ1) is 32.8. The first-order chi connectivity index (χ1) is 26.5. The van der Waals surface area contributed by atoms with E-state index in [-0.39, 0.29) is 11.6 Å². The van der Waals surface area contributed by atoms with Crippen LogP contribution in [0.4, 0.5) is 0 Å². The number of carbonyl (C=O) groups is 2. The van der Waals surface area contributed by atoms with Crippen molar-refractivity contribution in [2.24, 2.45) is 7.05 Å². The summed E-state index contributed by atoms with van der Waals surface area (Å²) < 4.78 is 2.22. The zero-order chi connectivity index (χ0) is 36.6. The molecule has 3 heteroatoms. The molecule has 256 valence electrons. The lowest BCUT2D eigenvalue weighted by molar-refractivity contribution is 0.103. The zero-order valence-corrected chi connectivity index (χ0v) is 29.7. The monoisotopic (exact) mass is 693 g/mol. The van der Waals surface area contributed by atoms with Gasteiger partial charge in [-0.05, 0) is 93.0 Å². The maximum absolute atomic E-state index is 13.8. The van der Waals surface area contributed by atoms with Crippen LogP contribution in [0.2, 0.25) is 0 Å². The van der Waals surface area contributed by atoms with Gasteiger partial charge in [0.05, 0.1) is 0 Å². The van der Waals surface area contributed by atoms with E-state index in [4.69, 9.17) is 0 Å². The van der Waals surface area contributed by atoms with E-state index in [1.165, 1.54) is 0 Å². The molecule has 8 aromatic carbocycles. The molecule has 0 amide bonds. The van der Waals surface area contributed by atoms with Crippen molar-refractivity contribution in [2.45, 2.75) is 0 Å². The van der Waals surface area contributed by atoms with Crippen molar-refractivity contribution >= 4 is 33.4 Å². The second-order valence-electron chi connectivity index (χ2n) is 13.7. The molecule has 9 rings (SSSR count). The molecule has 3 nitrogen and oxygen atoms in total. The quantitative estimate of drug-likeness (QED) is 0.149. The number of carbonyl (C=O) groups excluding carboxylic acids is 2. The molecule has 0 radical (unpaired) electrons. The standard InChI is InChI=1S/C51H35NO2/c1-52-48-26-24-40(38-18-10-22-44(30-38)50(53)42-20-8-16-36(28-42)34-12-4-2-5-13-34)32-46(48)47-33-41(25-27-49(47)52)39-19-11-23-45(31-39)51(54)43-21-9-17-37(29-43)35-14-6-3-7-15-35/h2-33H,1H3. The van der Waals surface area contributed by atoms with Gasteiger partial charge >= 0.3 is 0 Å². The molecule has 1 aromatic heterocycles. The number of aryl methyl sites for hydroxylation is 1. The molecule has 0 atom stereocenters. The Morgan fingerprint density at radius 2 is 0.611 bits per heavy atom. The summed E-state index contributed by atoms with van der Waals surface area (Å²) in [6, 6.07) is 64.8. The van der Waals surface area contributed by atoms with Gasteiger partial charge in [-0.3, -0.25) is 9.59 Å². The van der Waals surface area contributed by atoms with Crippen molar-refractivity contribution in [1.29, 1.82) is 0 Å². The number of nitrogens with zero attached hydrogens (tertiary/aromatic N) is 1. The average molecular weight is 694 g/mol. The van der Waals surface area contributed by atoms with E-state index in [9.17, 15) is 9.59 Å². The fourth-order valence-corrected chi connectivity index (χ4v) is 7.53. The fourth-order valence-electron chi connectivity index (χ4n) is 7.53. The molecule has 0 fully saturated rings. The highest BCUT2D eigenvalue weighted by atomic mass is 16.1. The van der Waals surface area contributed by atoms with Crippen LogP contribution >= 0.6 is 0 Å². The maximum Gasteiger partial charge on any atom is 0.193 e. The van der Waals surface area contributed by atoms with Gasteiger partial charge < -0.3 is 4.57 Å². The third kappa shape index (κ3) is 6.12. The molecule has 0 aliphatic rings. The van der Waals surface area contributed by atoms with Gasteiger partial charge in [0.25, 0.3) is 0 Å². The minimum Gasteiger partial charge on any atom is -0.344 e. The molecule has 0 bridgehead atoms. The number of hydrogen-bond acceptors (Lipinski definition) is 2. The number of fused-ring (bicyclic) bond motifs is 3. The minimum absolute atomic E-state index is 0.00452. The van der Waals surface area contributed by atoms with E-state index in [0.29, 0.717) is 22.3 Å². The number of rotatable bonds is 8. The Kier molecular flexibility index (Phi) is 8.38. The van der Waals surface area contributed by atoms with Gasteiger partial charge in [0.1, 0.15) is 0 Å². The number of ketones is 2. The highest BCUT2D eigenvalue weighted by Gasteiger charge is 2.16. The molecule has 9 aromatic rings. The van der Waals surface area contributed by atoms with Gasteiger partial charge in [-0.15, -0.1) is 0 Å². The van der Waals surface area contributed by atoms with Crippen molar-refractivity contribution in [3.63, 3.8) is 0 Å². The summed E-state index contributed by atoms with van der Waals surface area (Å²) in [4.78, 5) is 27.5. The number of hydrogen-bond donors (Lipinski definition) is 0. The number of benzene rings is 8. The van der Waals surface area contributed by atoms with Crippen LogP contribution in [0.15, 0.2) is 194 Å². The minimum atomic E-state index is -0.00452. The summed E-state index contributed by atoms with van der Waals surface area (Å²) >= 11 is 0. The van der Waals surface area contributed by atoms with Crippen LogP contribution in [-0.4, -0.2) is 16.1 Å². The summed E-state index contributed by atoms with van der Waals surface area (Å²) in [5, 5.41) is 2.26. The largest absolute Gasteiger partial charge is 0.344 e. The van der Waals surface area contributed by atoms with Gasteiger partial charge in [-0.1, -0.05) is 146 Å². The van der Waals surface area contributed by atoms with E-state index in [1.807, 2.05) is 121 Å². The summed E-state index contributed by atoms with van der Waals surface area (Å²) in [5.41, 5.74) is 13.1. The molecule has 1 heterocycles. The van der Waals surface area contributed by atoms with E-state index < -0.39 is 0 Å². The molecule has 0 unspecified atom stereocenters. The highest BCUT2D eigenvalue weighted by Crippen LogP contribution is 2.35. The Balaban J connectivity index is 1.04. The smallest absolute Gasteiger partial charge is 0.193 e. The van der Waals surface area contributed by atoms with Gasteiger partial charge in [0.2, 0.25) is 0 Å². The predicted molar refractivity (Wildman–Crippen MR) is 222 cm³/mol. The molecular weight excluding hydrogens is 659 g/mol. The van der Waals surface area contributed by atoms with Crippen molar-refractivity contribution in [1.82, 2.24) is 4.57 Å². The summed E-state index contributed by atoms with van der Waals surface area (Å²) in [5.74, 6) is -0.00903. The van der Waals surface area contributed by atoms with Crippen LogP contribution in [0, 0.1) is 0 Å². The third-order valence-corrected chi connectivity index (χ3v) is 10.4. The Morgan fingerprint density at radius 1 is 0.315 bits per heavy atom. The Morgan fingerprint density at radius 3 is 0.963 bits per heavy atom. The van der Waals surface area contributed by atoms with E-state index >= 15 is 0 Å². The van der Waals surface area contributed by atoms with Crippen molar-refractivity contribution in [3.05, 3.63) is 216 Å². The average Bonchev–Trinajstić information content (AvgIpc) is 3.53. The summed E-state index contributed by atoms with van der Waals surface area (Å²) in [6.45, 7) is 0. The molecular formula is C51H35NO2. The van der Waals surface area contributed by atoms with Crippen LogP contribution in [-0.2, 0) is 7.05 Å². The Hall–Kier alpha value is -7.10. The van der Waals surface area contributed by atoms with Crippen LogP contribution in [0.1, 0.15) is 31.8 Å². The fraction of sp³-hybridized carbons (Fsp3) is 0.0196. The van der Waals surface area contributed by atoms with Crippen LogP contribution in [0.3, 0.4) is 0 Å². The number of aromatic nitrogens is 1. The van der Waals surface area contributed by atoms with Gasteiger partial charge in [0, 0.05) is 51.1 Å². The SMILES string of the molecule is Cn1c2ccc(-c3cccc(C(=O)c4cccc(-c5ccccc5)c4)c3)cc2c2cc(-c3cccc(C(=O)c4cccc(-c5ccccc5)c4)c3)ccc21. The second kappa shape index (κ2) is 13.8. The van der Waals surface area contributed by atoms with Crippen LogP contribution in [0.25, 0.3) is 66.3 Å². The lowest BCUT2D eigenvalue weighted by Crippen LogP contribution is -2.01. The molecule has 0 saturated heterocycles. The molecule has 0 aliphatic carbocycles. The lowest BCUT2D eigenvalue weighted by atomic mass is 9.94. The van der Waals surface area contributed by atoms with Crippen molar-refractivity contribution in [3.8, 4) is 44.5 Å². The van der Waals surface area contributed by atoms with Gasteiger partial charge in [-0.2, -0.15) is 0 Å². The van der Waals surface area contributed by atoms with Crippen LogP contribution in [0.5, 0.6) is 0 Å². The van der Waals surface area contributed by atoms with E-state index in [2.05, 4.69) is 84.4 Å². The third-order valence-electron chi connectivity index (χ3n) is 10.4. The van der Waals surface area contributed by atoms with E-state index in [0.717, 1.165) is 66.3 Å². The first-order valence-corrected chi connectivity index (χ1v) is 18.1. The normalized spacial score (nSPS) is 11.2. The van der Waals surface area contributed by atoms with Crippen molar-refractivity contribution < 1.29 is 9.59 Å². The molecule has 54 heavy (non-hydrogen) atoms. The maximum atomic E-state index is 13.8. The topological polar surface area (TPSA) is 39.1 Å². The van der Waals surface area contributed by atoms with Gasteiger partial charge in [-0.25, -0.2) is 0 Å². The molecule has 0 aliphatic heterocycles. The molecule has 0 spiro atoms. The lowest BCUT2D eigenvalue weighted by Gasteiger charge is -2.08. The molecule has 0 N–H and O–H groups in total. The highest BCUT2D eigenvalue weighted by molar-refractivity contribution is 6.13. The second-order valence-corrected chi connectivity index (χ2v) is 13.7. The summed E-state index contributed by atoms with van der Waals surface area (Å²) in [6.07, 6.45) is 0. The predicted octanol–water partition coefficient (Wildman–Crippen LogP) is 12.5. The Bertz CT molecular complexity index is 2670. The van der Waals surface area contributed by atoms with Gasteiger partial charge in [0.15, 0.2) is 11.6 Å². The first-order valence-electron chi connectivity index (χ1n) is 18.1. The Labute approximate surface area is 314 Å². The van der Waals surface area contributed by atoms with Crippen molar-refractivity contribution in [2.75, 3.05) is 0 Å². The van der Waals surface area contributed by atoms with Crippen LogP contribution < -0.4 is 0 Å².